The quantitative estimate of drug-likeness (QED) is 0.583. The molecule has 1 N–H and O–H groups in total. The zero-order valence-electron chi connectivity index (χ0n) is 11.3. The van der Waals surface area contributed by atoms with Gasteiger partial charge >= 0.3 is 5.97 Å². The number of carbonyl (C=O) groups is 1. The second-order valence-electron chi connectivity index (χ2n) is 4.62. The van der Waals surface area contributed by atoms with E-state index in [9.17, 15) is 20.0 Å². The van der Waals surface area contributed by atoms with Gasteiger partial charge in [0.2, 0.25) is 0 Å². The molecule has 0 radical (unpaired) electrons. The SMILES string of the molecule is Cc1noc2nc(-c3cccc([N+](=O)[O-])c3)cc(C(=O)O)c12. The summed E-state index contributed by atoms with van der Waals surface area (Å²) < 4.78 is 5.02. The summed E-state index contributed by atoms with van der Waals surface area (Å²) in [5.74, 6) is -1.15. The number of aromatic nitrogens is 2. The van der Waals surface area contributed by atoms with Crippen molar-refractivity contribution in [2.24, 2.45) is 0 Å². The van der Waals surface area contributed by atoms with Crippen LogP contribution in [0, 0.1) is 17.0 Å². The summed E-state index contributed by atoms with van der Waals surface area (Å²) in [6.45, 7) is 1.62. The molecule has 0 saturated carbocycles. The highest BCUT2D eigenvalue weighted by atomic mass is 16.6. The lowest BCUT2D eigenvalue weighted by Crippen LogP contribution is -2.00. The van der Waals surface area contributed by atoms with E-state index in [1.807, 2.05) is 0 Å². The summed E-state index contributed by atoms with van der Waals surface area (Å²) in [5.41, 5.74) is 1.08. The Morgan fingerprint density at radius 2 is 2.14 bits per heavy atom. The van der Waals surface area contributed by atoms with Crippen molar-refractivity contribution in [3.05, 3.63) is 51.7 Å². The van der Waals surface area contributed by atoms with Crippen LogP contribution in [0.5, 0.6) is 0 Å². The van der Waals surface area contributed by atoms with E-state index in [-0.39, 0.29) is 22.7 Å². The first-order chi connectivity index (χ1) is 10.5. The van der Waals surface area contributed by atoms with Crippen molar-refractivity contribution in [2.75, 3.05) is 0 Å². The molecule has 0 aliphatic rings. The Morgan fingerprint density at radius 1 is 1.36 bits per heavy atom. The summed E-state index contributed by atoms with van der Waals surface area (Å²) in [4.78, 5) is 25.9. The third-order valence-electron chi connectivity index (χ3n) is 3.20. The van der Waals surface area contributed by atoms with E-state index in [1.54, 1.807) is 13.0 Å². The van der Waals surface area contributed by atoms with E-state index < -0.39 is 10.9 Å². The van der Waals surface area contributed by atoms with Crippen LogP contribution in [0.3, 0.4) is 0 Å². The van der Waals surface area contributed by atoms with Crippen LogP contribution in [-0.2, 0) is 0 Å². The van der Waals surface area contributed by atoms with Crippen molar-refractivity contribution < 1.29 is 19.3 Å². The van der Waals surface area contributed by atoms with E-state index in [0.717, 1.165) is 0 Å². The van der Waals surface area contributed by atoms with Gasteiger partial charge in [-0.25, -0.2) is 9.78 Å². The van der Waals surface area contributed by atoms with Crippen LogP contribution in [0.4, 0.5) is 5.69 Å². The molecule has 3 rings (SSSR count). The number of nitro groups is 1. The van der Waals surface area contributed by atoms with Crippen LogP contribution in [-0.4, -0.2) is 26.1 Å². The summed E-state index contributed by atoms with van der Waals surface area (Å²) in [7, 11) is 0. The molecule has 8 nitrogen and oxygen atoms in total. The number of non-ortho nitro benzene ring substituents is 1. The van der Waals surface area contributed by atoms with Gasteiger partial charge in [-0.2, -0.15) is 0 Å². The average Bonchev–Trinajstić information content (AvgIpc) is 2.88. The first-order valence-electron chi connectivity index (χ1n) is 6.22. The highest BCUT2D eigenvalue weighted by molar-refractivity contribution is 6.03. The molecule has 0 fully saturated rings. The van der Waals surface area contributed by atoms with Crippen LogP contribution in [0.15, 0.2) is 34.9 Å². The summed E-state index contributed by atoms with van der Waals surface area (Å²) >= 11 is 0. The lowest BCUT2D eigenvalue weighted by Gasteiger charge is -2.03. The maximum Gasteiger partial charge on any atom is 0.336 e. The minimum absolute atomic E-state index is 0.00902. The number of hydrogen-bond acceptors (Lipinski definition) is 6. The fourth-order valence-electron chi connectivity index (χ4n) is 2.19. The largest absolute Gasteiger partial charge is 0.478 e. The van der Waals surface area contributed by atoms with Crippen LogP contribution >= 0.6 is 0 Å². The van der Waals surface area contributed by atoms with Crippen LogP contribution in [0.25, 0.3) is 22.4 Å². The summed E-state index contributed by atoms with van der Waals surface area (Å²) in [6, 6.07) is 7.14. The number of nitro benzene ring substituents is 1. The molecule has 1 aromatic carbocycles. The maximum atomic E-state index is 11.4. The molecule has 22 heavy (non-hydrogen) atoms. The van der Waals surface area contributed by atoms with Gasteiger partial charge in [-0.15, -0.1) is 0 Å². The van der Waals surface area contributed by atoms with E-state index in [1.165, 1.54) is 24.3 Å². The molecule has 2 heterocycles. The molecule has 3 aromatic rings. The molecule has 8 heteroatoms. The Balaban J connectivity index is 2.26. The van der Waals surface area contributed by atoms with Crippen molar-refractivity contribution in [3.63, 3.8) is 0 Å². The van der Waals surface area contributed by atoms with Gasteiger partial charge in [0, 0.05) is 17.7 Å². The van der Waals surface area contributed by atoms with Crippen LogP contribution in [0.2, 0.25) is 0 Å². The molecular weight excluding hydrogens is 290 g/mol. The maximum absolute atomic E-state index is 11.4. The molecule has 0 atom stereocenters. The summed E-state index contributed by atoms with van der Waals surface area (Å²) in [5, 5.41) is 24.2. The summed E-state index contributed by atoms with van der Waals surface area (Å²) in [6.07, 6.45) is 0. The van der Waals surface area contributed by atoms with Crippen LogP contribution < -0.4 is 0 Å². The third-order valence-corrected chi connectivity index (χ3v) is 3.20. The van der Waals surface area contributed by atoms with Crippen molar-refractivity contribution in [1.29, 1.82) is 0 Å². The van der Waals surface area contributed by atoms with Gasteiger partial charge in [-0.1, -0.05) is 17.3 Å². The van der Waals surface area contributed by atoms with Gasteiger partial charge in [-0.3, -0.25) is 10.1 Å². The van der Waals surface area contributed by atoms with Gasteiger partial charge < -0.3 is 9.63 Å². The Labute approximate surface area is 123 Å². The zero-order chi connectivity index (χ0) is 15.9. The molecule has 2 aromatic heterocycles. The molecule has 0 spiro atoms. The highest BCUT2D eigenvalue weighted by Gasteiger charge is 2.19. The van der Waals surface area contributed by atoms with Gasteiger partial charge in [0.05, 0.1) is 27.3 Å². The molecule has 0 bridgehead atoms. The first-order valence-corrected chi connectivity index (χ1v) is 6.22. The number of aryl methyl sites for hydroxylation is 1. The fourth-order valence-corrected chi connectivity index (χ4v) is 2.19. The molecular formula is C14H9N3O5. The standard InChI is InChI=1S/C14H9N3O5/c1-7-12-10(14(18)19)6-11(15-13(12)22-16-7)8-3-2-4-9(5-8)17(20)21/h2-6H,1H3,(H,18,19). The molecule has 0 unspecified atom stereocenters. The molecule has 0 aliphatic carbocycles. The van der Waals surface area contributed by atoms with Crippen molar-refractivity contribution >= 4 is 22.8 Å². The van der Waals surface area contributed by atoms with Gasteiger partial charge in [0.1, 0.15) is 0 Å². The number of hydrogen-bond donors (Lipinski definition) is 1. The van der Waals surface area contributed by atoms with Crippen molar-refractivity contribution in [3.8, 4) is 11.3 Å². The van der Waals surface area contributed by atoms with Gasteiger partial charge in [-0.05, 0) is 13.0 Å². The average molecular weight is 299 g/mol. The van der Waals surface area contributed by atoms with Crippen molar-refractivity contribution in [1.82, 2.24) is 10.1 Å². The number of carboxylic acids is 1. The third kappa shape index (κ3) is 2.16. The zero-order valence-corrected chi connectivity index (χ0v) is 11.3. The first kappa shape index (κ1) is 13.7. The lowest BCUT2D eigenvalue weighted by atomic mass is 10.1. The van der Waals surface area contributed by atoms with Crippen molar-refractivity contribution in [2.45, 2.75) is 6.92 Å². The smallest absolute Gasteiger partial charge is 0.336 e. The topological polar surface area (TPSA) is 119 Å². The number of aromatic carboxylic acids is 1. The van der Waals surface area contributed by atoms with E-state index in [0.29, 0.717) is 16.6 Å². The number of nitrogens with zero attached hydrogens (tertiary/aromatic N) is 3. The van der Waals surface area contributed by atoms with Crippen LogP contribution in [0.1, 0.15) is 16.1 Å². The minimum Gasteiger partial charge on any atom is -0.478 e. The van der Waals surface area contributed by atoms with E-state index >= 15 is 0 Å². The Morgan fingerprint density at radius 3 is 2.82 bits per heavy atom. The molecule has 0 aliphatic heterocycles. The Kier molecular flexibility index (Phi) is 3.06. The van der Waals surface area contributed by atoms with Gasteiger partial charge in [0.25, 0.3) is 11.4 Å². The molecule has 0 amide bonds. The monoisotopic (exact) mass is 299 g/mol. The van der Waals surface area contributed by atoms with E-state index in [4.69, 9.17) is 4.52 Å². The second kappa shape index (κ2) is 4.92. The fraction of sp³-hybridized carbons (Fsp3) is 0.0714. The lowest BCUT2D eigenvalue weighted by molar-refractivity contribution is -0.384. The number of rotatable bonds is 3. The Hall–Kier alpha value is -3.29. The normalized spacial score (nSPS) is 10.8. The minimum atomic E-state index is -1.15. The predicted octanol–water partition coefficient (Wildman–Crippen LogP) is 2.80. The molecule has 110 valence electrons. The highest BCUT2D eigenvalue weighted by Crippen LogP contribution is 2.28. The number of fused-ring (bicyclic) bond motifs is 1. The number of pyridine rings is 1. The number of carboxylic acid groups (broad SMARTS) is 1. The predicted molar refractivity (Wildman–Crippen MR) is 75.6 cm³/mol. The second-order valence-corrected chi connectivity index (χ2v) is 4.62. The van der Waals surface area contributed by atoms with E-state index in [2.05, 4.69) is 10.1 Å². The molecule has 0 saturated heterocycles. The van der Waals surface area contributed by atoms with Gasteiger partial charge in [0.15, 0.2) is 0 Å². The Bertz CT molecular complexity index is 916. The number of benzene rings is 1.